The van der Waals surface area contributed by atoms with Crippen LogP contribution in [0.5, 0.6) is 11.5 Å². The zero-order chi connectivity index (χ0) is 16.4. The predicted molar refractivity (Wildman–Crippen MR) is 77.3 cm³/mol. The molecule has 1 amide bonds. The average molecular weight is 318 g/mol. The second-order valence-corrected chi connectivity index (χ2v) is 4.93. The van der Waals surface area contributed by atoms with Crippen molar-refractivity contribution in [2.75, 3.05) is 12.1 Å². The summed E-state index contributed by atoms with van der Waals surface area (Å²) < 4.78 is 20.3. The molecule has 23 heavy (non-hydrogen) atoms. The maximum Gasteiger partial charge on any atom is 0.339 e. The summed E-state index contributed by atoms with van der Waals surface area (Å²) >= 11 is 0. The number of rotatable bonds is 4. The number of ether oxygens (including phenoxy) is 3. The van der Waals surface area contributed by atoms with Crippen LogP contribution in [0, 0.1) is 6.92 Å². The van der Waals surface area contributed by atoms with Crippen LogP contribution in [0.1, 0.15) is 23.0 Å². The van der Waals surface area contributed by atoms with E-state index < -0.39 is 18.0 Å². The van der Waals surface area contributed by atoms with Crippen LogP contribution in [0.3, 0.4) is 0 Å². The molecule has 0 bridgehead atoms. The first kappa shape index (κ1) is 14.9. The number of hydrogen-bond donors (Lipinski definition) is 1. The molecule has 0 saturated carbocycles. The Balaban J connectivity index is 1.61. The third-order valence-corrected chi connectivity index (χ3v) is 3.14. The number of esters is 1. The van der Waals surface area contributed by atoms with Gasteiger partial charge in [-0.15, -0.1) is 0 Å². The van der Waals surface area contributed by atoms with Crippen LogP contribution in [0.4, 0.5) is 5.82 Å². The molecule has 1 atom stereocenters. The van der Waals surface area contributed by atoms with Crippen molar-refractivity contribution in [3.63, 3.8) is 0 Å². The van der Waals surface area contributed by atoms with E-state index in [0.717, 1.165) is 0 Å². The Labute approximate surface area is 131 Å². The highest BCUT2D eigenvalue weighted by molar-refractivity contribution is 5.97. The smallest absolute Gasteiger partial charge is 0.339 e. The van der Waals surface area contributed by atoms with E-state index in [2.05, 4.69) is 10.5 Å². The lowest BCUT2D eigenvalue weighted by Gasteiger charge is -2.12. The molecular formula is C15H14N2O6. The van der Waals surface area contributed by atoms with Gasteiger partial charge in [0.2, 0.25) is 6.79 Å². The van der Waals surface area contributed by atoms with Crippen molar-refractivity contribution in [1.29, 1.82) is 0 Å². The molecule has 3 rings (SSSR count). The molecule has 120 valence electrons. The minimum atomic E-state index is -0.995. The maximum atomic E-state index is 12.1. The first-order valence-corrected chi connectivity index (χ1v) is 6.88. The summed E-state index contributed by atoms with van der Waals surface area (Å²) in [6.07, 6.45) is -0.995. The summed E-state index contributed by atoms with van der Waals surface area (Å²) in [7, 11) is 0. The van der Waals surface area contributed by atoms with E-state index in [1.807, 2.05) is 0 Å². The van der Waals surface area contributed by atoms with Gasteiger partial charge in [-0.3, -0.25) is 4.79 Å². The Kier molecular flexibility index (Phi) is 3.88. The Bertz CT molecular complexity index is 754. The monoisotopic (exact) mass is 318 g/mol. The molecule has 1 N–H and O–H groups in total. The van der Waals surface area contributed by atoms with Crippen molar-refractivity contribution in [2.24, 2.45) is 0 Å². The van der Waals surface area contributed by atoms with Gasteiger partial charge < -0.3 is 24.1 Å². The van der Waals surface area contributed by atoms with E-state index in [4.69, 9.17) is 18.7 Å². The Hall–Kier alpha value is -3.03. The topological polar surface area (TPSA) is 99.9 Å². The molecule has 0 radical (unpaired) electrons. The minimum absolute atomic E-state index is 0.115. The van der Waals surface area contributed by atoms with Gasteiger partial charge in [-0.1, -0.05) is 5.16 Å². The lowest BCUT2D eigenvalue weighted by Crippen LogP contribution is -2.30. The van der Waals surface area contributed by atoms with Crippen LogP contribution < -0.4 is 14.8 Å². The van der Waals surface area contributed by atoms with Gasteiger partial charge in [-0.2, -0.15) is 0 Å². The van der Waals surface area contributed by atoms with Gasteiger partial charge in [0.15, 0.2) is 23.4 Å². The fourth-order valence-electron chi connectivity index (χ4n) is 1.96. The highest BCUT2D eigenvalue weighted by atomic mass is 16.7. The number of fused-ring (bicyclic) bond motifs is 1. The van der Waals surface area contributed by atoms with Gasteiger partial charge in [-0.05, 0) is 32.0 Å². The zero-order valence-electron chi connectivity index (χ0n) is 12.5. The molecule has 1 aromatic heterocycles. The first-order chi connectivity index (χ1) is 11.0. The predicted octanol–water partition coefficient (Wildman–Crippen LogP) is 1.90. The van der Waals surface area contributed by atoms with Crippen LogP contribution in [0.25, 0.3) is 0 Å². The molecule has 8 nitrogen and oxygen atoms in total. The highest BCUT2D eigenvalue weighted by Gasteiger charge is 2.22. The molecule has 0 fully saturated rings. The molecule has 2 aromatic rings. The number of aromatic nitrogens is 1. The second kappa shape index (κ2) is 5.99. The van der Waals surface area contributed by atoms with Crippen LogP contribution in [0.2, 0.25) is 0 Å². The number of nitrogens with one attached hydrogen (secondary N) is 1. The third-order valence-electron chi connectivity index (χ3n) is 3.14. The Morgan fingerprint density at radius 3 is 2.78 bits per heavy atom. The second-order valence-electron chi connectivity index (χ2n) is 4.93. The minimum Gasteiger partial charge on any atom is -0.454 e. The molecule has 2 heterocycles. The summed E-state index contributed by atoms with van der Waals surface area (Å²) in [6.45, 7) is 3.28. The molecule has 0 spiro atoms. The number of aryl methyl sites for hydroxylation is 1. The third kappa shape index (κ3) is 3.25. The summed E-state index contributed by atoms with van der Waals surface area (Å²) in [5, 5.41) is 6.13. The van der Waals surface area contributed by atoms with Gasteiger partial charge in [-0.25, -0.2) is 4.79 Å². The van der Waals surface area contributed by atoms with Gasteiger partial charge >= 0.3 is 5.97 Å². The van der Waals surface area contributed by atoms with E-state index in [0.29, 0.717) is 17.3 Å². The lowest BCUT2D eigenvalue weighted by atomic mass is 10.2. The van der Waals surface area contributed by atoms with E-state index in [1.54, 1.807) is 25.1 Å². The molecular weight excluding hydrogens is 304 g/mol. The normalized spacial score (nSPS) is 13.5. The lowest BCUT2D eigenvalue weighted by molar-refractivity contribution is -0.123. The van der Waals surface area contributed by atoms with E-state index in [-0.39, 0.29) is 18.2 Å². The number of nitrogens with zero attached hydrogens (tertiary/aromatic N) is 1. The van der Waals surface area contributed by atoms with Crippen molar-refractivity contribution < 1.29 is 28.3 Å². The van der Waals surface area contributed by atoms with Crippen molar-refractivity contribution in [3.8, 4) is 11.5 Å². The van der Waals surface area contributed by atoms with Crippen molar-refractivity contribution in [1.82, 2.24) is 5.16 Å². The summed E-state index contributed by atoms with van der Waals surface area (Å²) in [6, 6.07) is 6.23. The standard InChI is InChI=1S/C15H14N2O6/c1-8-5-13(17-23-8)16-14(18)9(2)22-15(19)10-3-4-11-12(6-10)21-7-20-11/h3-6,9H,7H2,1-2H3,(H,16,17,18)/t9-/m1/s1. The van der Waals surface area contributed by atoms with Crippen molar-refractivity contribution in [3.05, 3.63) is 35.6 Å². The molecule has 0 unspecified atom stereocenters. The molecule has 1 aliphatic rings. The quantitative estimate of drug-likeness (QED) is 0.859. The Morgan fingerprint density at radius 2 is 2.04 bits per heavy atom. The fraction of sp³-hybridized carbons (Fsp3) is 0.267. The maximum absolute atomic E-state index is 12.1. The number of amides is 1. The average Bonchev–Trinajstić information content (AvgIpc) is 3.14. The Morgan fingerprint density at radius 1 is 1.26 bits per heavy atom. The van der Waals surface area contributed by atoms with E-state index >= 15 is 0 Å². The van der Waals surface area contributed by atoms with Crippen LogP contribution in [-0.2, 0) is 9.53 Å². The van der Waals surface area contributed by atoms with Crippen molar-refractivity contribution >= 4 is 17.7 Å². The fourth-order valence-corrected chi connectivity index (χ4v) is 1.96. The largest absolute Gasteiger partial charge is 0.454 e. The van der Waals surface area contributed by atoms with Gasteiger partial charge in [0, 0.05) is 6.07 Å². The number of hydrogen-bond acceptors (Lipinski definition) is 7. The summed E-state index contributed by atoms with van der Waals surface area (Å²) in [5.74, 6) is 0.710. The van der Waals surface area contributed by atoms with Crippen LogP contribution >= 0.6 is 0 Å². The van der Waals surface area contributed by atoms with Crippen molar-refractivity contribution in [2.45, 2.75) is 20.0 Å². The van der Waals surface area contributed by atoms with Crippen LogP contribution in [-0.4, -0.2) is 29.9 Å². The molecule has 1 aromatic carbocycles. The number of carbonyl (C=O) groups is 2. The van der Waals surface area contributed by atoms with Gasteiger partial charge in [0.1, 0.15) is 5.76 Å². The molecule has 1 aliphatic heterocycles. The first-order valence-electron chi connectivity index (χ1n) is 6.88. The number of carbonyl (C=O) groups excluding carboxylic acids is 2. The highest BCUT2D eigenvalue weighted by Crippen LogP contribution is 2.32. The number of anilines is 1. The summed E-state index contributed by atoms with van der Waals surface area (Å²) in [5.41, 5.74) is 0.270. The SMILES string of the molecule is Cc1cc(NC(=O)[C@@H](C)OC(=O)c2ccc3c(c2)OCO3)no1. The zero-order valence-corrected chi connectivity index (χ0v) is 12.5. The number of benzene rings is 1. The van der Waals surface area contributed by atoms with Gasteiger partial charge in [0.25, 0.3) is 5.91 Å². The van der Waals surface area contributed by atoms with E-state index in [1.165, 1.54) is 13.0 Å². The molecule has 0 saturated heterocycles. The molecule has 8 heteroatoms. The van der Waals surface area contributed by atoms with Crippen LogP contribution in [0.15, 0.2) is 28.8 Å². The van der Waals surface area contributed by atoms with Gasteiger partial charge in [0.05, 0.1) is 5.56 Å². The summed E-state index contributed by atoms with van der Waals surface area (Å²) in [4.78, 5) is 24.0. The van der Waals surface area contributed by atoms with E-state index in [9.17, 15) is 9.59 Å². The molecule has 0 aliphatic carbocycles.